The van der Waals surface area contributed by atoms with Crippen LogP contribution in [-0.4, -0.2) is 18.3 Å². The molecular weight excluding hydrogens is 361 g/mol. The average molecular weight is 382 g/mol. The van der Waals surface area contributed by atoms with E-state index < -0.39 is 7.14 Å². The third-order valence-corrected chi connectivity index (χ3v) is 7.21. The van der Waals surface area contributed by atoms with Gasteiger partial charge in [0.05, 0.1) is 5.02 Å². The first-order valence-corrected chi connectivity index (χ1v) is 11.6. The Morgan fingerprint density at radius 3 is 2.23 bits per heavy atom. The second-order valence-corrected chi connectivity index (χ2v) is 11.4. The van der Waals surface area contributed by atoms with Crippen molar-refractivity contribution in [3.8, 4) is 22.3 Å². The summed E-state index contributed by atoms with van der Waals surface area (Å²) in [7, 11) is -2.29. The average Bonchev–Trinajstić information content (AvgIpc) is 2.82. The van der Waals surface area contributed by atoms with Crippen LogP contribution in [0.5, 0.6) is 0 Å². The van der Waals surface area contributed by atoms with Crippen LogP contribution in [-0.2, 0) is 9.98 Å². The fourth-order valence-electron chi connectivity index (χ4n) is 3.82. The highest BCUT2D eigenvalue weighted by Crippen LogP contribution is 2.50. The molecule has 0 saturated heterocycles. The highest BCUT2D eigenvalue weighted by molar-refractivity contribution is 7.70. The van der Waals surface area contributed by atoms with Gasteiger partial charge in [-0.3, -0.25) is 4.98 Å². The maximum Gasteiger partial charge on any atom is 0.109 e. The largest absolute Gasteiger partial charge is 0.319 e. The summed E-state index contributed by atoms with van der Waals surface area (Å²) < 4.78 is 12.6. The number of halogens is 1. The van der Waals surface area contributed by atoms with E-state index in [1.165, 1.54) is 22.3 Å². The fraction of sp³-hybridized carbons (Fsp3) is 0.227. The Hall–Kier alpha value is -1.89. The van der Waals surface area contributed by atoms with E-state index in [1.807, 2.05) is 31.7 Å². The van der Waals surface area contributed by atoms with Crippen LogP contribution in [0.4, 0.5) is 0 Å². The Morgan fingerprint density at radius 2 is 1.58 bits per heavy atom. The van der Waals surface area contributed by atoms with Crippen LogP contribution in [0.15, 0.2) is 54.9 Å². The molecule has 3 aromatic rings. The van der Waals surface area contributed by atoms with E-state index in [1.54, 1.807) is 6.20 Å². The Bertz CT molecular complexity index is 1080. The number of aromatic nitrogens is 1. The molecule has 2 nitrogen and oxygen atoms in total. The Balaban J connectivity index is 1.91. The summed E-state index contributed by atoms with van der Waals surface area (Å²) in [6.07, 6.45) is 3.51. The molecule has 0 unspecified atom stereocenters. The molecule has 0 spiro atoms. The van der Waals surface area contributed by atoms with Crippen LogP contribution in [0.25, 0.3) is 22.3 Å². The first kappa shape index (κ1) is 17.5. The number of pyridine rings is 1. The minimum absolute atomic E-state index is 0.152. The van der Waals surface area contributed by atoms with Crippen molar-refractivity contribution < 1.29 is 4.57 Å². The van der Waals surface area contributed by atoms with Gasteiger partial charge in [0.2, 0.25) is 0 Å². The molecule has 0 bridgehead atoms. The van der Waals surface area contributed by atoms with Crippen molar-refractivity contribution in [1.29, 1.82) is 0 Å². The van der Waals surface area contributed by atoms with Gasteiger partial charge in [-0.25, -0.2) is 0 Å². The Morgan fingerprint density at radius 1 is 0.923 bits per heavy atom. The van der Waals surface area contributed by atoms with Crippen molar-refractivity contribution in [2.75, 3.05) is 13.3 Å². The van der Waals surface area contributed by atoms with Crippen molar-refractivity contribution in [3.63, 3.8) is 0 Å². The van der Waals surface area contributed by atoms with E-state index in [2.05, 4.69) is 49.2 Å². The minimum atomic E-state index is -2.29. The molecule has 0 aliphatic heterocycles. The molecule has 4 rings (SSSR count). The zero-order valence-electron chi connectivity index (χ0n) is 15.4. The summed E-state index contributed by atoms with van der Waals surface area (Å²) in [4.78, 5) is 4.21. The fourth-order valence-corrected chi connectivity index (χ4v) is 4.91. The molecule has 0 amide bonds. The predicted octanol–water partition coefficient (Wildman–Crippen LogP) is 5.96. The number of fused-ring (bicyclic) bond motifs is 3. The third kappa shape index (κ3) is 2.64. The van der Waals surface area contributed by atoms with Crippen LogP contribution in [0.1, 0.15) is 25.0 Å². The molecule has 0 atom stereocenters. The zero-order valence-corrected chi connectivity index (χ0v) is 17.0. The second-order valence-electron chi connectivity index (χ2n) is 7.82. The van der Waals surface area contributed by atoms with Crippen LogP contribution in [0.3, 0.4) is 0 Å². The number of rotatable bonds is 2. The standard InChI is InChI=1S/C22H21ClNOP/c1-22(2)19-11-14(18-13-24-10-9-21(18)23)5-7-16(19)17-8-6-15(12-20(17)22)26(3,4)25/h5-13H,1-4H3. The van der Waals surface area contributed by atoms with Crippen LogP contribution in [0, 0.1) is 0 Å². The summed E-state index contributed by atoms with van der Waals surface area (Å²) in [5, 5.41) is 1.64. The van der Waals surface area contributed by atoms with E-state index in [0.717, 1.165) is 16.4 Å². The van der Waals surface area contributed by atoms with Gasteiger partial charge in [-0.2, -0.15) is 0 Å². The van der Waals surface area contributed by atoms with E-state index >= 15 is 0 Å². The maximum atomic E-state index is 12.6. The molecule has 0 radical (unpaired) electrons. The molecule has 0 saturated carbocycles. The van der Waals surface area contributed by atoms with Gasteiger partial charge in [0.15, 0.2) is 0 Å². The maximum absolute atomic E-state index is 12.6. The summed E-state index contributed by atoms with van der Waals surface area (Å²) in [6, 6.07) is 14.6. The van der Waals surface area contributed by atoms with Gasteiger partial charge in [0.25, 0.3) is 0 Å². The third-order valence-electron chi connectivity index (χ3n) is 5.36. The number of hydrogen-bond donors (Lipinski definition) is 0. The lowest BCUT2D eigenvalue weighted by Gasteiger charge is -2.23. The van der Waals surface area contributed by atoms with Gasteiger partial charge in [-0.15, -0.1) is 0 Å². The summed E-state index contributed by atoms with van der Waals surface area (Å²) in [5.41, 5.74) is 6.83. The molecule has 2 aromatic carbocycles. The Labute approximate surface area is 159 Å². The highest BCUT2D eigenvalue weighted by atomic mass is 35.5. The lowest BCUT2D eigenvalue weighted by atomic mass is 9.81. The monoisotopic (exact) mass is 381 g/mol. The van der Waals surface area contributed by atoms with Crippen molar-refractivity contribution in [2.45, 2.75) is 19.3 Å². The molecule has 0 fully saturated rings. The van der Waals surface area contributed by atoms with Gasteiger partial charge >= 0.3 is 0 Å². The van der Waals surface area contributed by atoms with Crippen LogP contribution < -0.4 is 5.30 Å². The SMILES string of the molecule is CC1(C)c2cc(-c3cnccc3Cl)ccc2-c2ccc(P(C)(C)=O)cc21. The first-order valence-electron chi connectivity index (χ1n) is 8.64. The number of benzene rings is 2. The van der Waals surface area contributed by atoms with Crippen molar-refractivity contribution in [3.05, 3.63) is 71.0 Å². The quantitative estimate of drug-likeness (QED) is 0.513. The summed E-state index contributed by atoms with van der Waals surface area (Å²) in [5.74, 6) is 0. The highest BCUT2D eigenvalue weighted by Gasteiger charge is 2.36. The normalized spacial score (nSPS) is 14.8. The Kier molecular flexibility index (Phi) is 3.91. The van der Waals surface area contributed by atoms with E-state index in [4.69, 9.17) is 11.6 Å². The topological polar surface area (TPSA) is 30.0 Å². The van der Waals surface area contributed by atoms with Crippen molar-refractivity contribution in [2.24, 2.45) is 0 Å². The van der Waals surface area contributed by atoms with E-state index in [9.17, 15) is 4.57 Å². The lowest BCUT2D eigenvalue weighted by molar-refractivity contribution is 0.588. The molecular formula is C22H21ClNOP. The molecule has 1 aliphatic carbocycles. The summed E-state index contributed by atoms with van der Waals surface area (Å²) in [6.45, 7) is 8.11. The molecule has 1 heterocycles. The summed E-state index contributed by atoms with van der Waals surface area (Å²) >= 11 is 6.37. The lowest BCUT2D eigenvalue weighted by Crippen LogP contribution is -2.17. The smallest absolute Gasteiger partial charge is 0.109 e. The predicted molar refractivity (Wildman–Crippen MR) is 111 cm³/mol. The zero-order chi connectivity index (χ0) is 18.7. The molecule has 132 valence electrons. The molecule has 0 N–H and O–H groups in total. The van der Waals surface area contributed by atoms with Crippen LogP contribution >= 0.6 is 18.7 Å². The van der Waals surface area contributed by atoms with Gasteiger partial charge in [0, 0.05) is 28.7 Å². The number of nitrogens with zero attached hydrogens (tertiary/aromatic N) is 1. The van der Waals surface area contributed by atoms with Gasteiger partial charge in [-0.1, -0.05) is 49.7 Å². The van der Waals surface area contributed by atoms with Crippen molar-refractivity contribution >= 4 is 24.0 Å². The second kappa shape index (κ2) is 5.81. The molecule has 1 aromatic heterocycles. The first-order chi connectivity index (χ1) is 12.2. The van der Waals surface area contributed by atoms with E-state index in [-0.39, 0.29) is 5.41 Å². The molecule has 1 aliphatic rings. The molecule has 26 heavy (non-hydrogen) atoms. The van der Waals surface area contributed by atoms with E-state index in [0.29, 0.717) is 5.02 Å². The van der Waals surface area contributed by atoms with Gasteiger partial charge < -0.3 is 4.57 Å². The van der Waals surface area contributed by atoms with Gasteiger partial charge in [-0.05, 0) is 59.3 Å². The molecule has 4 heteroatoms. The van der Waals surface area contributed by atoms with Crippen molar-refractivity contribution in [1.82, 2.24) is 4.98 Å². The minimum Gasteiger partial charge on any atom is -0.319 e. The van der Waals surface area contributed by atoms with Crippen LogP contribution in [0.2, 0.25) is 5.02 Å². The number of hydrogen-bond acceptors (Lipinski definition) is 2. The van der Waals surface area contributed by atoms with Gasteiger partial charge in [0.1, 0.15) is 7.14 Å².